The van der Waals surface area contributed by atoms with E-state index in [9.17, 15) is 0 Å². The van der Waals surface area contributed by atoms with Crippen LogP contribution in [0, 0.1) is 0 Å². The largest absolute Gasteiger partial charge is 0.324 e. The van der Waals surface area contributed by atoms with Gasteiger partial charge < -0.3 is 11.1 Å². The molecule has 2 aromatic rings. The first-order valence-electron chi connectivity index (χ1n) is 7.01. The van der Waals surface area contributed by atoms with E-state index in [1.807, 2.05) is 0 Å². The second-order valence-electron chi connectivity index (χ2n) is 5.46. The molecule has 0 saturated carbocycles. The van der Waals surface area contributed by atoms with Crippen LogP contribution in [-0.4, -0.2) is 0 Å². The number of hydrogen-bond donors (Lipinski definition) is 2. The average molecular weight is 331 g/mol. The van der Waals surface area contributed by atoms with Crippen molar-refractivity contribution in [2.24, 2.45) is 5.73 Å². The first-order valence-corrected chi connectivity index (χ1v) is 7.80. The Morgan fingerprint density at radius 3 is 2.45 bits per heavy atom. The summed E-state index contributed by atoms with van der Waals surface area (Å²) in [5.74, 6) is 0. The molecule has 0 heterocycles. The van der Waals surface area contributed by atoms with Crippen LogP contribution in [-0.2, 0) is 0 Å². The van der Waals surface area contributed by atoms with Crippen molar-refractivity contribution < 1.29 is 0 Å². The van der Waals surface area contributed by atoms with Gasteiger partial charge in [0, 0.05) is 22.6 Å². The van der Waals surface area contributed by atoms with Crippen LogP contribution in [0.4, 0.5) is 0 Å². The molecule has 0 spiro atoms. The normalized spacial score (nSPS) is 22.6. The summed E-state index contributed by atoms with van der Waals surface area (Å²) >= 11 is 3.48. The van der Waals surface area contributed by atoms with Crippen LogP contribution in [0.25, 0.3) is 0 Å². The van der Waals surface area contributed by atoms with Gasteiger partial charge in [0.05, 0.1) is 0 Å². The van der Waals surface area contributed by atoms with Crippen molar-refractivity contribution >= 4 is 15.9 Å². The highest BCUT2D eigenvalue weighted by atomic mass is 79.9. The summed E-state index contributed by atoms with van der Waals surface area (Å²) in [5.41, 5.74) is 10.2. The quantitative estimate of drug-likeness (QED) is 0.883. The van der Waals surface area contributed by atoms with Crippen LogP contribution in [0.15, 0.2) is 53.0 Å². The third kappa shape index (κ3) is 2.66. The molecule has 0 radical (unpaired) electrons. The Kier molecular flexibility index (Phi) is 3.92. The lowest BCUT2D eigenvalue weighted by atomic mass is 10.0. The van der Waals surface area contributed by atoms with Crippen molar-refractivity contribution in [3.63, 3.8) is 0 Å². The minimum absolute atomic E-state index is 0.154. The molecule has 0 saturated heterocycles. The number of benzene rings is 2. The lowest BCUT2D eigenvalue weighted by molar-refractivity contribution is 0.446. The fourth-order valence-corrected chi connectivity index (χ4v) is 3.25. The topological polar surface area (TPSA) is 38.0 Å². The zero-order chi connectivity index (χ0) is 14.1. The number of rotatable bonds is 3. The number of nitrogens with one attached hydrogen (secondary N) is 1. The molecule has 104 valence electrons. The Bertz CT molecular complexity index is 594. The molecule has 2 nitrogen and oxygen atoms in total. The molecule has 3 atom stereocenters. The van der Waals surface area contributed by atoms with E-state index in [4.69, 9.17) is 5.73 Å². The summed E-state index contributed by atoms with van der Waals surface area (Å²) < 4.78 is 1.11. The molecule has 1 aliphatic carbocycles. The number of halogens is 1. The van der Waals surface area contributed by atoms with Crippen molar-refractivity contribution in [1.82, 2.24) is 5.32 Å². The van der Waals surface area contributed by atoms with Crippen molar-refractivity contribution in [1.29, 1.82) is 0 Å². The van der Waals surface area contributed by atoms with Crippen molar-refractivity contribution in [3.05, 3.63) is 69.7 Å². The van der Waals surface area contributed by atoms with Gasteiger partial charge in [-0.3, -0.25) is 0 Å². The van der Waals surface area contributed by atoms with E-state index in [1.165, 1.54) is 16.7 Å². The smallest absolute Gasteiger partial charge is 0.0347 e. The molecule has 3 N–H and O–H groups in total. The maximum atomic E-state index is 6.22. The Labute approximate surface area is 128 Å². The highest BCUT2D eigenvalue weighted by Crippen LogP contribution is 2.38. The van der Waals surface area contributed by atoms with Gasteiger partial charge in [0.25, 0.3) is 0 Å². The van der Waals surface area contributed by atoms with Gasteiger partial charge in [-0.1, -0.05) is 52.3 Å². The van der Waals surface area contributed by atoms with Crippen LogP contribution >= 0.6 is 15.9 Å². The summed E-state index contributed by atoms with van der Waals surface area (Å²) in [4.78, 5) is 0. The van der Waals surface area contributed by atoms with Crippen LogP contribution in [0.5, 0.6) is 0 Å². The summed E-state index contributed by atoms with van der Waals surface area (Å²) in [6, 6.07) is 17.8. The molecule has 2 unspecified atom stereocenters. The fraction of sp³-hybridized carbons (Fsp3) is 0.294. The maximum Gasteiger partial charge on any atom is 0.0347 e. The summed E-state index contributed by atoms with van der Waals surface area (Å²) in [6.07, 6.45) is 0.972. The molecule has 0 amide bonds. The van der Waals surface area contributed by atoms with Crippen LogP contribution in [0.3, 0.4) is 0 Å². The highest BCUT2D eigenvalue weighted by molar-refractivity contribution is 9.10. The van der Waals surface area contributed by atoms with Gasteiger partial charge in [0.15, 0.2) is 0 Å². The van der Waals surface area contributed by atoms with E-state index >= 15 is 0 Å². The van der Waals surface area contributed by atoms with Crippen LogP contribution < -0.4 is 11.1 Å². The molecule has 3 rings (SSSR count). The maximum absolute atomic E-state index is 6.22. The first kappa shape index (κ1) is 13.8. The third-order valence-electron chi connectivity index (χ3n) is 4.08. The predicted octanol–water partition coefficient (Wildman–Crippen LogP) is 4.24. The van der Waals surface area contributed by atoms with Gasteiger partial charge in [-0.15, -0.1) is 0 Å². The zero-order valence-electron chi connectivity index (χ0n) is 11.5. The lowest BCUT2D eigenvalue weighted by Crippen LogP contribution is -2.23. The van der Waals surface area contributed by atoms with Crippen LogP contribution in [0.1, 0.15) is 48.2 Å². The first-order chi connectivity index (χ1) is 9.65. The number of fused-ring (bicyclic) bond motifs is 1. The Morgan fingerprint density at radius 1 is 1.10 bits per heavy atom. The standard InChI is InChI=1S/C17H19BrN2/c1-11(12-6-8-13(18)9-7-12)20-17-10-16(19)14-4-2-3-5-15(14)17/h2-9,11,16-17,20H,10,19H2,1H3/t11-,16?,17?/m1/s1. The van der Waals surface area contributed by atoms with Gasteiger partial charge in [0.2, 0.25) is 0 Å². The molecule has 3 heteroatoms. The van der Waals surface area contributed by atoms with Crippen molar-refractivity contribution in [3.8, 4) is 0 Å². The van der Waals surface area contributed by atoms with Gasteiger partial charge in [-0.2, -0.15) is 0 Å². The third-order valence-corrected chi connectivity index (χ3v) is 4.61. The summed E-state index contributed by atoms with van der Waals surface area (Å²) in [5, 5.41) is 3.71. The second kappa shape index (κ2) is 5.68. The van der Waals surface area contributed by atoms with Crippen LogP contribution in [0.2, 0.25) is 0 Å². The summed E-state index contributed by atoms with van der Waals surface area (Å²) in [7, 11) is 0. The molecular formula is C17H19BrN2. The van der Waals surface area contributed by atoms with Gasteiger partial charge in [-0.05, 0) is 42.2 Å². The Hall–Kier alpha value is -1.16. The monoisotopic (exact) mass is 330 g/mol. The molecule has 0 aromatic heterocycles. The summed E-state index contributed by atoms with van der Waals surface area (Å²) in [6.45, 7) is 2.20. The Balaban J connectivity index is 1.77. The fourth-order valence-electron chi connectivity index (χ4n) is 2.98. The predicted molar refractivity (Wildman–Crippen MR) is 86.4 cm³/mol. The second-order valence-corrected chi connectivity index (χ2v) is 6.38. The Morgan fingerprint density at radius 2 is 1.75 bits per heavy atom. The van der Waals surface area contributed by atoms with E-state index in [-0.39, 0.29) is 6.04 Å². The van der Waals surface area contributed by atoms with Gasteiger partial charge in [-0.25, -0.2) is 0 Å². The average Bonchev–Trinajstić information content (AvgIpc) is 2.77. The molecule has 0 aliphatic heterocycles. The number of hydrogen-bond acceptors (Lipinski definition) is 2. The molecule has 20 heavy (non-hydrogen) atoms. The lowest BCUT2D eigenvalue weighted by Gasteiger charge is -2.21. The van der Waals surface area contributed by atoms with Gasteiger partial charge >= 0.3 is 0 Å². The van der Waals surface area contributed by atoms with Crippen molar-refractivity contribution in [2.75, 3.05) is 0 Å². The molecule has 0 bridgehead atoms. The van der Waals surface area contributed by atoms with E-state index in [1.54, 1.807) is 0 Å². The molecule has 1 aliphatic rings. The van der Waals surface area contributed by atoms with E-state index < -0.39 is 0 Å². The van der Waals surface area contributed by atoms with E-state index in [0.29, 0.717) is 12.1 Å². The molecule has 2 aromatic carbocycles. The van der Waals surface area contributed by atoms with Crippen molar-refractivity contribution in [2.45, 2.75) is 31.5 Å². The molecular weight excluding hydrogens is 312 g/mol. The van der Waals surface area contributed by atoms with Gasteiger partial charge in [0.1, 0.15) is 0 Å². The SMILES string of the molecule is C[C@@H](NC1CC(N)c2ccccc21)c1ccc(Br)cc1. The molecule has 0 fully saturated rings. The van der Waals surface area contributed by atoms with E-state index in [0.717, 1.165) is 10.9 Å². The number of nitrogens with two attached hydrogens (primary N) is 1. The minimum Gasteiger partial charge on any atom is -0.324 e. The highest BCUT2D eigenvalue weighted by Gasteiger charge is 2.28. The van der Waals surface area contributed by atoms with E-state index in [2.05, 4.69) is 76.7 Å². The minimum atomic E-state index is 0.154. The zero-order valence-corrected chi connectivity index (χ0v) is 13.1.